The Balaban J connectivity index is 1.51. The van der Waals surface area contributed by atoms with Crippen molar-refractivity contribution in [3.05, 3.63) is 69.4 Å². The first-order valence-corrected chi connectivity index (χ1v) is 13.8. The number of nitrogens with one attached hydrogen (secondary N) is 1. The van der Waals surface area contributed by atoms with Crippen LogP contribution < -0.4 is 5.32 Å². The molecule has 0 aliphatic carbocycles. The van der Waals surface area contributed by atoms with E-state index in [-0.39, 0.29) is 5.91 Å². The molecule has 4 rings (SSSR count). The maximum absolute atomic E-state index is 12.4. The van der Waals surface area contributed by atoms with Crippen molar-refractivity contribution in [2.24, 2.45) is 0 Å². The predicted molar refractivity (Wildman–Crippen MR) is 142 cm³/mol. The third-order valence-corrected chi connectivity index (χ3v) is 7.62. The standard InChI is InChI=1S/C25H27ClN6OS2/c1-3-4-5-6-11-28-24(33)20-15-34-22(29-20)16-35-25-31-30-23(18-9-12-27-13-10-18)32(25)21-14-19(26)8-7-17(21)2/h7-10,12-15H,3-6,11,16H2,1-2H3,(H,28,33). The van der Waals surface area contributed by atoms with Gasteiger partial charge in [-0.25, -0.2) is 4.98 Å². The van der Waals surface area contributed by atoms with E-state index < -0.39 is 0 Å². The lowest BCUT2D eigenvalue weighted by Gasteiger charge is -2.13. The minimum absolute atomic E-state index is 0.119. The molecule has 0 radical (unpaired) electrons. The van der Waals surface area contributed by atoms with Crippen LogP contribution in [0, 0.1) is 6.92 Å². The van der Waals surface area contributed by atoms with Gasteiger partial charge in [0, 0.05) is 34.9 Å². The van der Waals surface area contributed by atoms with Gasteiger partial charge in [0.25, 0.3) is 5.91 Å². The minimum atomic E-state index is -0.119. The fourth-order valence-electron chi connectivity index (χ4n) is 3.54. The number of thiazole rings is 1. The van der Waals surface area contributed by atoms with Gasteiger partial charge in [-0.3, -0.25) is 14.3 Å². The number of hydrogen-bond acceptors (Lipinski definition) is 7. The van der Waals surface area contributed by atoms with Crippen molar-refractivity contribution < 1.29 is 4.79 Å². The van der Waals surface area contributed by atoms with E-state index in [0.29, 0.717) is 28.8 Å². The Morgan fingerprint density at radius 3 is 2.77 bits per heavy atom. The molecule has 7 nitrogen and oxygen atoms in total. The van der Waals surface area contributed by atoms with E-state index in [4.69, 9.17) is 11.6 Å². The second kappa shape index (κ2) is 12.3. The summed E-state index contributed by atoms with van der Waals surface area (Å²) in [5.41, 5.74) is 3.34. The van der Waals surface area contributed by atoms with Crippen LogP contribution in [0.1, 0.15) is 53.7 Å². The van der Waals surface area contributed by atoms with Gasteiger partial charge in [0.15, 0.2) is 11.0 Å². The van der Waals surface area contributed by atoms with E-state index in [9.17, 15) is 4.79 Å². The Morgan fingerprint density at radius 2 is 1.97 bits per heavy atom. The van der Waals surface area contributed by atoms with Gasteiger partial charge in [0.1, 0.15) is 10.7 Å². The van der Waals surface area contributed by atoms with Gasteiger partial charge in [-0.2, -0.15) is 0 Å². The van der Waals surface area contributed by atoms with Crippen LogP contribution in [0.3, 0.4) is 0 Å². The van der Waals surface area contributed by atoms with E-state index >= 15 is 0 Å². The molecule has 4 aromatic rings. The van der Waals surface area contributed by atoms with E-state index in [2.05, 4.69) is 32.4 Å². The average molecular weight is 527 g/mol. The average Bonchev–Trinajstić information content (AvgIpc) is 3.52. The number of aromatic nitrogens is 5. The van der Waals surface area contributed by atoms with Gasteiger partial charge >= 0.3 is 0 Å². The van der Waals surface area contributed by atoms with Crippen LogP contribution in [0.15, 0.2) is 53.3 Å². The summed E-state index contributed by atoms with van der Waals surface area (Å²) in [6.45, 7) is 4.89. The molecule has 0 aliphatic rings. The zero-order valence-corrected chi connectivity index (χ0v) is 22.1. The molecule has 0 saturated heterocycles. The van der Waals surface area contributed by atoms with Crippen molar-refractivity contribution in [1.82, 2.24) is 30.0 Å². The predicted octanol–water partition coefficient (Wildman–Crippen LogP) is 6.35. The minimum Gasteiger partial charge on any atom is -0.351 e. The summed E-state index contributed by atoms with van der Waals surface area (Å²) in [4.78, 5) is 21.1. The number of amides is 1. The highest BCUT2D eigenvalue weighted by atomic mass is 35.5. The summed E-state index contributed by atoms with van der Waals surface area (Å²) < 4.78 is 2.01. The van der Waals surface area contributed by atoms with Crippen molar-refractivity contribution in [2.75, 3.05) is 6.54 Å². The lowest BCUT2D eigenvalue weighted by Crippen LogP contribution is -2.24. The van der Waals surface area contributed by atoms with Crippen molar-refractivity contribution in [1.29, 1.82) is 0 Å². The summed E-state index contributed by atoms with van der Waals surface area (Å²) in [7, 11) is 0. The molecule has 0 aliphatic heterocycles. The van der Waals surface area contributed by atoms with Crippen molar-refractivity contribution in [2.45, 2.75) is 50.4 Å². The van der Waals surface area contributed by atoms with Crippen molar-refractivity contribution in [3.63, 3.8) is 0 Å². The highest BCUT2D eigenvalue weighted by molar-refractivity contribution is 7.98. The normalized spacial score (nSPS) is 11.1. The van der Waals surface area contributed by atoms with Crippen LogP contribution in [-0.4, -0.2) is 37.2 Å². The molecule has 0 atom stereocenters. The second-order valence-electron chi connectivity index (χ2n) is 8.04. The van der Waals surface area contributed by atoms with Crippen LogP contribution in [0.2, 0.25) is 5.02 Å². The molecule has 1 amide bonds. The number of pyridine rings is 1. The third kappa shape index (κ3) is 6.48. The fraction of sp³-hybridized carbons (Fsp3) is 0.320. The van der Waals surface area contributed by atoms with E-state index in [0.717, 1.165) is 39.8 Å². The third-order valence-electron chi connectivity index (χ3n) is 5.41. The lowest BCUT2D eigenvalue weighted by molar-refractivity contribution is 0.0948. The highest BCUT2D eigenvalue weighted by Crippen LogP contribution is 2.32. The molecule has 1 N–H and O–H groups in total. The number of carbonyl (C=O) groups excluding carboxylic acids is 1. The highest BCUT2D eigenvalue weighted by Gasteiger charge is 2.19. The first-order chi connectivity index (χ1) is 17.1. The SMILES string of the molecule is CCCCCCNC(=O)c1csc(CSc2nnc(-c3ccncc3)n2-c2cc(Cl)ccc2C)n1. The molecular formula is C25H27ClN6OS2. The number of hydrogen-bond donors (Lipinski definition) is 1. The number of nitrogens with zero attached hydrogens (tertiary/aromatic N) is 5. The lowest BCUT2D eigenvalue weighted by atomic mass is 10.2. The number of unbranched alkanes of at least 4 members (excludes halogenated alkanes) is 3. The van der Waals surface area contributed by atoms with Gasteiger partial charge in [-0.1, -0.05) is 55.6 Å². The molecule has 0 spiro atoms. The Bertz CT molecular complexity index is 1270. The van der Waals surface area contributed by atoms with Gasteiger partial charge in [-0.05, 0) is 43.2 Å². The van der Waals surface area contributed by atoms with Crippen LogP contribution in [0.25, 0.3) is 17.1 Å². The summed E-state index contributed by atoms with van der Waals surface area (Å²) in [6.07, 6.45) is 7.95. The smallest absolute Gasteiger partial charge is 0.270 e. The maximum Gasteiger partial charge on any atom is 0.270 e. The Morgan fingerprint density at radius 1 is 1.14 bits per heavy atom. The number of halogens is 1. The molecule has 35 heavy (non-hydrogen) atoms. The molecule has 3 aromatic heterocycles. The summed E-state index contributed by atoms with van der Waals surface area (Å²) in [6, 6.07) is 9.58. The monoisotopic (exact) mass is 526 g/mol. The summed E-state index contributed by atoms with van der Waals surface area (Å²) in [5, 5.41) is 15.9. The van der Waals surface area contributed by atoms with E-state index in [1.807, 2.05) is 47.2 Å². The first-order valence-electron chi connectivity index (χ1n) is 11.5. The molecule has 0 saturated carbocycles. The fourth-order valence-corrected chi connectivity index (χ4v) is 5.45. The van der Waals surface area contributed by atoms with Crippen molar-refractivity contribution in [3.8, 4) is 17.1 Å². The topological polar surface area (TPSA) is 85.6 Å². The Labute approximate surface area is 218 Å². The van der Waals surface area contributed by atoms with Crippen LogP contribution >= 0.6 is 34.7 Å². The number of aryl methyl sites for hydroxylation is 1. The quantitative estimate of drug-likeness (QED) is 0.181. The zero-order chi connectivity index (χ0) is 24.6. The molecule has 0 bridgehead atoms. The largest absolute Gasteiger partial charge is 0.351 e. The molecule has 3 heterocycles. The second-order valence-corrected chi connectivity index (χ2v) is 10.4. The van der Waals surface area contributed by atoms with Crippen LogP contribution in [0.5, 0.6) is 0 Å². The Hall–Kier alpha value is -2.75. The number of benzene rings is 1. The molecule has 0 fully saturated rings. The first kappa shape index (κ1) is 25.3. The van der Waals surface area contributed by atoms with Gasteiger partial charge in [0.05, 0.1) is 11.4 Å². The summed E-state index contributed by atoms with van der Waals surface area (Å²) >= 11 is 9.33. The van der Waals surface area contributed by atoms with Crippen LogP contribution in [0.4, 0.5) is 0 Å². The number of rotatable bonds is 11. The number of thioether (sulfide) groups is 1. The molecule has 182 valence electrons. The van der Waals surface area contributed by atoms with Gasteiger partial charge in [0.2, 0.25) is 0 Å². The molecule has 10 heteroatoms. The zero-order valence-electron chi connectivity index (χ0n) is 19.7. The summed E-state index contributed by atoms with van der Waals surface area (Å²) in [5.74, 6) is 1.16. The van der Waals surface area contributed by atoms with Crippen LogP contribution in [-0.2, 0) is 5.75 Å². The van der Waals surface area contributed by atoms with Gasteiger partial charge in [-0.15, -0.1) is 21.5 Å². The van der Waals surface area contributed by atoms with E-state index in [1.165, 1.54) is 35.9 Å². The Kier molecular flexibility index (Phi) is 8.90. The number of carbonyl (C=O) groups is 1. The van der Waals surface area contributed by atoms with E-state index in [1.54, 1.807) is 12.4 Å². The van der Waals surface area contributed by atoms with Gasteiger partial charge < -0.3 is 5.32 Å². The van der Waals surface area contributed by atoms with Crippen molar-refractivity contribution >= 4 is 40.6 Å². The molecule has 0 unspecified atom stereocenters. The molecule has 1 aromatic carbocycles. The molecular weight excluding hydrogens is 500 g/mol. The maximum atomic E-state index is 12.4.